The fraction of sp³-hybridized carbons (Fsp3) is 0.625. The van der Waals surface area contributed by atoms with Gasteiger partial charge in [-0.1, -0.05) is 12.1 Å². The van der Waals surface area contributed by atoms with Crippen LogP contribution in [0, 0.1) is 0 Å². The summed E-state index contributed by atoms with van der Waals surface area (Å²) < 4.78 is 11.8. The molecule has 1 aromatic carbocycles. The number of benzene rings is 1. The summed E-state index contributed by atoms with van der Waals surface area (Å²) in [6, 6.07) is 6.21. The maximum atomic E-state index is 6.24. The fourth-order valence-electron chi connectivity index (χ4n) is 3.24. The topological polar surface area (TPSA) is 33.7 Å². The van der Waals surface area contributed by atoms with Crippen LogP contribution in [0.4, 0.5) is 0 Å². The molecular weight excluding hydrogens is 252 g/mol. The van der Waals surface area contributed by atoms with Gasteiger partial charge in [0.25, 0.3) is 0 Å². The van der Waals surface area contributed by atoms with Crippen LogP contribution in [-0.4, -0.2) is 44.8 Å². The van der Waals surface area contributed by atoms with Gasteiger partial charge in [-0.25, -0.2) is 0 Å². The van der Waals surface area contributed by atoms with E-state index in [1.54, 1.807) is 7.11 Å². The molecule has 0 amide bonds. The van der Waals surface area contributed by atoms with Gasteiger partial charge in [0.15, 0.2) is 11.5 Å². The van der Waals surface area contributed by atoms with Crippen molar-refractivity contribution < 1.29 is 9.47 Å². The molecule has 3 rings (SSSR count). The summed E-state index contributed by atoms with van der Waals surface area (Å²) in [6.07, 6.45) is 2.63. The molecule has 1 unspecified atom stereocenters. The normalized spacial score (nSPS) is 27.4. The molecule has 0 radical (unpaired) electrons. The van der Waals surface area contributed by atoms with E-state index in [4.69, 9.17) is 9.47 Å². The summed E-state index contributed by atoms with van der Waals surface area (Å²) in [5, 5.41) is 3.61. The Balaban J connectivity index is 1.92. The predicted octanol–water partition coefficient (Wildman–Crippen LogP) is 1.99. The van der Waals surface area contributed by atoms with Crippen molar-refractivity contribution in [2.45, 2.75) is 31.4 Å². The third kappa shape index (κ3) is 2.38. The van der Waals surface area contributed by atoms with Gasteiger partial charge in [-0.2, -0.15) is 0 Å². The van der Waals surface area contributed by atoms with Gasteiger partial charge < -0.3 is 14.8 Å². The van der Waals surface area contributed by atoms with Crippen LogP contribution in [0.1, 0.15) is 25.3 Å². The summed E-state index contributed by atoms with van der Waals surface area (Å²) in [5.41, 5.74) is 1.23. The number of methoxy groups -OCH3 is 1. The van der Waals surface area contributed by atoms with Crippen molar-refractivity contribution in [1.82, 2.24) is 10.2 Å². The highest BCUT2D eigenvalue weighted by Gasteiger charge is 2.35. The molecule has 0 spiro atoms. The van der Waals surface area contributed by atoms with Crippen LogP contribution in [0.5, 0.6) is 11.5 Å². The number of nitrogens with one attached hydrogen (secondary N) is 1. The molecule has 0 aromatic heterocycles. The first-order valence-corrected chi connectivity index (χ1v) is 7.40. The number of likely N-dealkylation sites (tertiary alicyclic amines) is 1. The smallest absolute Gasteiger partial charge is 0.166 e. The van der Waals surface area contributed by atoms with E-state index in [1.807, 2.05) is 6.07 Å². The predicted molar refractivity (Wildman–Crippen MR) is 79.5 cm³/mol. The number of hydrogen-bond acceptors (Lipinski definition) is 4. The summed E-state index contributed by atoms with van der Waals surface area (Å²) >= 11 is 0. The number of hydrogen-bond donors (Lipinski definition) is 1. The SMILES string of the molecule is COc1cccc(C2(C)CCCN2)c1OC1CN(C)C1. The lowest BCUT2D eigenvalue weighted by molar-refractivity contribution is 0.0353. The van der Waals surface area contributed by atoms with E-state index in [-0.39, 0.29) is 11.6 Å². The summed E-state index contributed by atoms with van der Waals surface area (Å²) in [7, 11) is 3.83. The number of ether oxygens (including phenoxy) is 2. The van der Waals surface area contributed by atoms with Crippen molar-refractivity contribution in [1.29, 1.82) is 0 Å². The molecule has 1 atom stereocenters. The molecule has 2 heterocycles. The van der Waals surface area contributed by atoms with Crippen LogP contribution in [0.25, 0.3) is 0 Å². The lowest BCUT2D eigenvalue weighted by atomic mass is 9.89. The highest BCUT2D eigenvalue weighted by atomic mass is 16.5. The van der Waals surface area contributed by atoms with Crippen LogP contribution >= 0.6 is 0 Å². The van der Waals surface area contributed by atoms with E-state index in [9.17, 15) is 0 Å². The van der Waals surface area contributed by atoms with Gasteiger partial charge >= 0.3 is 0 Å². The quantitative estimate of drug-likeness (QED) is 0.912. The minimum atomic E-state index is -0.000474. The second-order valence-corrected chi connectivity index (χ2v) is 6.16. The number of rotatable bonds is 4. The van der Waals surface area contributed by atoms with Crippen LogP contribution in [0.2, 0.25) is 0 Å². The molecule has 2 aliphatic heterocycles. The zero-order valence-corrected chi connectivity index (χ0v) is 12.6. The van der Waals surface area contributed by atoms with E-state index in [1.165, 1.54) is 12.0 Å². The Morgan fingerprint density at radius 2 is 2.15 bits per heavy atom. The monoisotopic (exact) mass is 276 g/mol. The maximum Gasteiger partial charge on any atom is 0.166 e. The van der Waals surface area contributed by atoms with Crippen molar-refractivity contribution in [2.75, 3.05) is 33.8 Å². The van der Waals surface area contributed by atoms with Gasteiger partial charge in [0.1, 0.15) is 6.10 Å². The Hall–Kier alpha value is -1.26. The zero-order chi connectivity index (χ0) is 14.2. The van der Waals surface area contributed by atoms with Crippen LogP contribution in [0.15, 0.2) is 18.2 Å². The standard InChI is InChI=1S/C16H24N2O2/c1-16(8-5-9-17-16)13-6-4-7-14(19-3)15(13)20-12-10-18(2)11-12/h4,6-7,12,17H,5,8-11H2,1-3H3. The summed E-state index contributed by atoms with van der Waals surface area (Å²) in [6.45, 7) is 5.30. The van der Waals surface area contributed by atoms with Gasteiger partial charge in [-0.3, -0.25) is 4.90 Å². The molecule has 20 heavy (non-hydrogen) atoms. The van der Waals surface area contributed by atoms with Gasteiger partial charge in [-0.05, 0) is 39.4 Å². The average Bonchev–Trinajstić information content (AvgIpc) is 2.85. The van der Waals surface area contributed by atoms with Crippen LogP contribution < -0.4 is 14.8 Å². The first kappa shape index (κ1) is 13.7. The second-order valence-electron chi connectivity index (χ2n) is 6.16. The minimum Gasteiger partial charge on any atom is -0.493 e. The third-order valence-corrected chi connectivity index (χ3v) is 4.48. The van der Waals surface area contributed by atoms with Crippen molar-refractivity contribution in [3.05, 3.63) is 23.8 Å². The molecule has 0 bridgehead atoms. The van der Waals surface area contributed by atoms with E-state index in [2.05, 4.69) is 36.3 Å². The largest absolute Gasteiger partial charge is 0.493 e. The molecule has 0 saturated carbocycles. The van der Waals surface area contributed by atoms with Gasteiger partial charge in [0, 0.05) is 24.2 Å². The number of nitrogens with zero attached hydrogens (tertiary/aromatic N) is 1. The Labute approximate surface area is 121 Å². The van der Waals surface area contributed by atoms with E-state index >= 15 is 0 Å². The Morgan fingerprint density at radius 3 is 2.75 bits per heavy atom. The lowest BCUT2D eigenvalue weighted by Gasteiger charge is -2.38. The van der Waals surface area contributed by atoms with Crippen molar-refractivity contribution in [3.63, 3.8) is 0 Å². The van der Waals surface area contributed by atoms with Gasteiger partial charge in [0.2, 0.25) is 0 Å². The average molecular weight is 276 g/mol. The molecule has 1 aromatic rings. The van der Waals surface area contributed by atoms with E-state index in [0.29, 0.717) is 0 Å². The number of likely N-dealkylation sites (N-methyl/N-ethyl adjacent to an activating group) is 1. The second kappa shape index (κ2) is 5.26. The van der Waals surface area contributed by atoms with Crippen LogP contribution in [-0.2, 0) is 5.54 Å². The highest BCUT2D eigenvalue weighted by molar-refractivity contribution is 5.50. The van der Waals surface area contributed by atoms with Crippen LogP contribution in [0.3, 0.4) is 0 Å². The third-order valence-electron chi connectivity index (χ3n) is 4.48. The molecule has 4 heteroatoms. The molecule has 110 valence electrons. The molecule has 2 fully saturated rings. The molecular formula is C16H24N2O2. The minimum absolute atomic E-state index is 0.000474. The van der Waals surface area contributed by atoms with E-state index < -0.39 is 0 Å². The van der Waals surface area contributed by atoms with Gasteiger partial charge in [0.05, 0.1) is 7.11 Å². The summed E-state index contributed by atoms with van der Waals surface area (Å²) in [5.74, 6) is 1.76. The molecule has 1 N–H and O–H groups in total. The Kier molecular flexibility index (Phi) is 3.61. The van der Waals surface area contributed by atoms with Gasteiger partial charge in [-0.15, -0.1) is 0 Å². The maximum absolute atomic E-state index is 6.24. The van der Waals surface area contributed by atoms with Crippen molar-refractivity contribution in [2.24, 2.45) is 0 Å². The molecule has 0 aliphatic carbocycles. The lowest BCUT2D eigenvalue weighted by Crippen LogP contribution is -2.51. The first-order valence-electron chi connectivity index (χ1n) is 7.40. The van der Waals surface area contributed by atoms with E-state index in [0.717, 1.165) is 37.6 Å². The first-order chi connectivity index (χ1) is 9.62. The fourth-order valence-corrected chi connectivity index (χ4v) is 3.24. The molecule has 4 nitrogen and oxygen atoms in total. The molecule has 2 aliphatic rings. The Morgan fingerprint density at radius 1 is 1.35 bits per heavy atom. The highest BCUT2D eigenvalue weighted by Crippen LogP contribution is 2.42. The van der Waals surface area contributed by atoms with Crippen molar-refractivity contribution in [3.8, 4) is 11.5 Å². The summed E-state index contributed by atoms with van der Waals surface area (Å²) in [4.78, 5) is 2.26. The Bertz CT molecular complexity index is 477. The van der Waals surface area contributed by atoms with Crippen molar-refractivity contribution >= 4 is 0 Å². The number of para-hydroxylation sites is 1. The molecule has 2 saturated heterocycles. The zero-order valence-electron chi connectivity index (χ0n) is 12.6.